The van der Waals surface area contributed by atoms with Gasteiger partial charge in [-0.2, -0.15) is 5.10 Å². The summed E-state index contributed by atoms with van der Waals surface area (Å²) in [6, 6.07) is 2.59. The molecule has 1 heterocycles. The van der Waals surface area contributed by atoms with E-state index in [1.54, 1.807) is 39.2 Å². The lowest BCUT2D eigenvalue weighted by Crippen LogP contribution is -1.99. The van der Waals surface area contributed by atoms with E-state index in [9.17, 15) is 8.78 Å². The van der Waals surface area contributed by atoms with Crippen molar-refractivity contribution in [3.05, 3.63) is 64.6 Å². The second kappa shape index (κ2) is 7.70. The van der Waals surface area contributed by atoms with Gasteiger partial charge in [-0.3, -0.25) is 5.10 Å². The number of benzene rings is 1. The van der Waals surface area contributed by atoms with Crippen molar-refractivity contribution in [3.8, 4) is 0 Å². The molecule has 3 N–H and O–H groups in total. The molecule has 0 aliphatic rings. The van der Waals surface area contributed by atoms with Crippen LogP contribution in [0.4, 0.5) is 8.78 Å². The molecule has 0 fully saturated rings. The zero-order valence-electron chi connectivity index (χ0n) is 14.4. The van der Waals surface area contributed by atoms with Crippen LogP contribution in [-0.4, -0.2) is 23.5 Å². The molecule has 6 heteroatoms. The average Bonchev–Trinajstić information content (AvgIpc) is 2.94. The van der Waals surface area contributed by atoms with Gasteiger partial charge in [0.05, 0.1) is 5.69 Å². The summed E-state index contributed by atoms with van der Waals surface area (Å²) >= 11 is 0. The molecule has 1 aromatic heterocycles. The molecule has 0 atom stereocenters. The maximum atomic E-state index is 14.2. The molecule has 4 nitrogen and oxygen atoms in total. The smallest absolute Gasteiger partial charge is 0.133 e. The predicted molar refractivity (Wildman–Crippen MR) is 99.1 cm³/mol. The molecule has 0 saturated carbocycles. The fraction of sp³-hybridized carbons (Fsp3) is 0.158. The van der Waals surface area contributed by atoms with Crippen LogP contribution in [0.25, 0.3) is 23.3 Å². The van der Waals surface area contributed by atoms with Gasteiger partial charge in [0.15, 0.2) is 0 Å². The number of hydrogen-bond acceptors (Lipinski definition) is 3. The van der Waals surface area contributed by atoms with Gasteiger partial charge in [0.25, 0.3) is 0 Å². The molecule has 0 aliphatic carbocycles. The zero-order valence-corrected chi connectivity index (χ0v) is 14.4. The maximum absolute atomic E-state index is 14.2. The Hall–Kier alpha value is -3.02. The summed E-state index contributed by atoms with van der Waals surface area (Å²) in [6.07, 6.45) is 5.98. The van der Waals surface area contributed by atoms with Gasteiger partial charge in [-0.15, -0.1) is 0 Å². The van der Waals surface area contributed by atoms with E-state index >= 15 is 0 Å². The molecule has 25 heavy (non-hydrogen) atoms. The topological polar surface area (TPSA) is 64.6 Å². The molecule has 1 aromatic carbocycles. The number of H-pyrrole nitrogens is 1. The quantitative estimate of drug-likeness (QED) is 0.681. The summed E-state index contributed by atoms with van der Waals surface area (Å²) in [5.74, 6) is -1.23. The molecule has 0 radical (unpaired) electrons. The van der Waals surface area contributed by atoms with E-state index in [4.69, 9.17) is 5.41 Å². The van der Waals surface area contributed by atoms with Crippen LogP contribution in [0.2, 0.25) is 0 Å². The minimum Gasteiger partial charge on any atom is -0.393 e. The Morgan fingerprint density at radius 1 is 1.32 bits per heavy atom. The van der Waals surface area contributed by atoms with Gasteiger partial charge in [-0.25, -0.2) is 8.78 Å². The number of nitrogens with zero attached hydrogens (tertiary/aromatic N) is 1. The molecule has 0 amide bonds. The van der Waals surface area contributed by atoms with Crippen molar-refractivity contribution in [2.45, 2.75) is 13.8 Å². The number of hydrogen-bond donors (Lipinski definition) is 3. The highest BCUT2D eigenvalue weighted by Crippen LogP contribution is 2.28. The third kappa shape index (κ3) is 3.74. The molecule has 2 rings (SSSR count). The Bertz CT molecular complexity index is 853. The van der Waals surface area contributed by atoms with Crippen molar-refractivity contribution in [1.29, 1.82) is 5.41 Å². The van der Waals surface area contributed by atoms with Crippen LogP contribution in [0.3, 0.4) is 0 Å². The van der Waals surface area contributed by atoms with Gasteiger partial charge in [0.2, 0.25) is 0 Å². The minimum absolute atomic E-state index is 0.0817. The van der Waals surface area contributed by atoms with E-state index in [1.165, 1.54) is 12.1 Å². The molecular weight excluding hydrogens is 322 g/mol. The Morgan fingerprint density at radius 2 is 1.96 bits per heavy atom. The number of aromatic amines is 1. The van der Waals surface area contributed by atoms with Crippen molar-refractivity contribution < 1.29 is 8.78 Å². The zero-order chi connectivity index (χ0) is 18.6. The first kappa shape index (κ1) is 18.3. The van der Waals surface area contributed by atoms with Crippen LogP contribution in [0.5, 0.6) is 0 Å². The van der Waals surface area contributed by atoms with Gasteiger partial charge in [-0.05, 0) is 49.3 Å². The van der Waals surface area contributed by atoms with Crippen LogP contribution < -0.4 is 5.32 Å². The summed E-state index contributed by atoms with van der Waals surface area (Å²) in [5.41, 5.74) is 3.08. The van der Waals surface area contributed by atoms with Gasteiger partial charge >= 0.3 is 0 Å². The fourth-order valence-corrected chi connectivity index (χ4v) is 2.59. The van der Waals surface area contributed by atoms with Crippen molar-refractivity contribution in [2.75, 3.05) is 7.05 Å². The normalized spacial score (nSPS) is 12.2. The Balaban J connectivity index is 2.65. The van der Waals surface area contributed by atoms with Crippen LogP contribution in [0, 0.1) is 24.0 Å². The van der Waals surface area contributed by atoms with Gasteiger partial charge in [0.1, 0.15) is 17.3 Å². The second-order valence-electron chi connectivity index (χ2n) is 5.57. The molecule has 0 spiro atoms. The number of nitrogens with one attached hydrogen (secondary N) is 3. The third-order valence-corrected chi connectivity index (χ3v) is 3.71. The van der Waals surface area contributed by atoms with E-state index in [2.05, 4.69) is 22.1 Å². The third-order valence-electron chi connectivity index (χ3n) is 3.71. The van der Waals surface area contributed by atoms with E-state index in [-0.39, 0.29) is 5.56 Å². The molecule has 0 saturated heterocycles. The number of aryl methyl sites for hydroxylation is 1. The van der Waals surface area contributed by atoms with Crippen molar-refractivity contribution in [2.24, 2.45) is 0 Å². The predicted octanol–water partition coefficient (Wildman–Crippen LogP) is 4.41. The summed E-state index contributed by atoms with van der Waals surface area (Å²) < 4.78 is 28.5. The number of rotatable bonds is 6. The summed E-state index contributed by atoms with van der Waals surface area (Å²) in [7, 11) is 1.71. The van der Waals surface area contributed by atoms with Crippen LogP contribution in [-0.2, 0) is 0 Å². The van der Waals surface area contributed by atoms with Crippen molar-refractivity contribution in [1.82, 2.24) is 15.5 Å². The highest BCUT2D eigenvalue weighted by Gasteiger charge is 2.16. The highest BCUT2D eigenvalue weighted by atomic mass is 19.1. The average molecular weight is 342 g/mol. The summed E-state index contributed by atoms with van der Waals surface area (Å²) in [4.78, 5) is 0. The maximum Gasteiger partial charge on any atom is 0.133 e. The van der Waals surface area contributed by atoms with Gasteiger partial charge in [0, 0.05) is 36.2 Å². The van der Waals surface area contributed by atoms with Crippen LogP contribution in [0.15, 0.2) is 24.9 Å². The first-order valence-corrected chi connectivity index (χ1v) is 7.66. The van der Waals surface area contributed by atoms with Gasteiger partial charge in [-0.1, -0.05) is 6.58 Å². The molecule has 0 bridgehead atoms. The SMILES string of the molecule is C=Cc1[nH]nc(/C(C=N)=C/NC)c1/C=C(\C)c1c(F)cc(C)cc1F. The molecule has 0 unspecified atom stereocenters. The fourth-order valence-electron chi connectivity index (χ4n) is 2.59. The van der Waals surface area contributed by atoms with Crippen LogP contribution >= 0.6 is 0 Å². The molecular formula is C19H20F2N4. The van der Waals surface area contributed by atoms with E-state index in [1.807, 2.05) is 0 Å². The number of aromatic nitrogens is 2. The second-order valence-corrected chi connectivity index (χ2v) is 5.57. The molecule has 2 aromatic rings. The lowest BCUT2D eigenvalue weighted by Gasteiger charge is -2.08. The van der Waals surface area contributed by atoms with E-state index < -0.39 is 11.6 Å². The minimum atomic E-state index is -0.616. The molecule has 130 valence electrons. The monoisotopic (exact) mass is 342 g/mol. The van der Waals surface area contributed by atoms with Gasteiger partial charge < -0.3 is 10.7 Å². The standard InChI is InChI=1S/C19H20F2N4/c1-5-17-14(19(25-24-17)13(9-22)10-23-4)8-12(3)18-15(20)6-11(2)7-16(18)21/h5-10,22-23H,1H2,2-4H3,(H,24,25)/b12-8+,13-10+,22-9?. The number of allylic oxidation sites excluding steroid dienone is 2. The highest BCUT2D eigenvalue weighted by molar-refractivity contribution is 6.09. The first-order valence-electron chi connectivity index (χ1n) is 7.66. The largest absolute Gasteiger partial charge is 0.393 e. The van der Waals surface area contributed by atoms with Crippen LogP contribution in [0.1, 0.15) is 35.0 Å². The molecule has 0 aliphatic heterocycles. The Morgan fingerprint density at radius 3 is 2.48 bits per heavy atom. The number of halogens is 2. The Labute approximate surface area is 145 Å². The Kier molecular flexibility index (Phi) is 5.64. The van der Waals surface area contributed by atoms with Crippen molar-refractivity contribution in [3.63, 3.8) is 0 Å². The van der Waals surface area contributed by atoms with E-state index in [0.29, 0.717) is 33.7 Å². The summed E-state index contributed by atoms with van der Waals surface area (Å²) in [6.45, 7) is 6.99. The summed E-state index contributed by atoms with van der Waals surface area (Å²) in [5, 5.41) is 17.4. The lowest BCUT2D eigenvalue weighted by molar-refractivity contribution is 0.575. The first-order chi connectivity index (χ1) is 11.9. The van der Waals surface area contributed by atoms with E-state index in [0.717, 1.165) is 6.21 Å². The lowest BCUT2D eigenvalue weighted by atomic mass is 9.99. The van der Waals surface area contributed by atoms with Crippen molar-refractivity contribution >= 4 is 29.5 Å².